The predicted molar refractivity (Wildman–Crippen MR) is 128 cm³/mol. The van der Waals surface area contributed by atoms with Crippen molar-refractivity contribution < 1.29 is 17.9 Å². The Morgan fingerprint density at radius 1 is 1.06 bits per heavy atom. The standard InChI is InChI=1S/C15H13F3N8.C8H16O/c1-7-21-10-3-2-9(22-13(10)25(7)6-15(16,17)18)8-4-5-26-11(8)12(19)23-14(20)24-26;1-8(9-2)6-4-3-5-7-8/h2-5H,6H2,1H3,(H4,19,20,23,24);3-7H2,1-2H3. The molecule has 0 aromatic carbocycles. The monoisotopic (exact) mass is 490 g/mol. The van der Waals surface area contributed by atoms with Gasteiger partial charge in [0.15, 0.2) is 11.5 Å². The van der Waals surface area contributed by atoms with E-state index in [1.54, 1.807) is 24.4 Å². The molecule has 1 aliphatic rings. The van der Waals surface area contributed by atoms with Gasteiger partial charge in [-0.1, -0.05) is 19.3 Å². The summed E-state index contributed by atoms with van der Waals surface area (Å²) < 4.78 is 46.5. The van der Waals surface area contributed by atoms with E-state index in [1.165, 1.54) is 43.5 Å². The number of aryl methyl sites for hydroxylation is 1. The number of methoxy groups -OCH3 is 1. The maximum atomic E-state index is 12.9. The van der Waals surface area contributed by atoms with E-state index >= 15 is 0 Å². The number of nitrogen functional groups attached to an aromatic ring is 2. The predicted octanol–water partition coefficient (Wildman–Crippen LogP) is 4.53. The van der Waals surface area contributed by atoms with Crippen molar-refractivity contribution in [2.75, 3.05) is 18.6 Å². The van der Waals surface area contributed by atoms with Gasteiger partial charge >= 0.3 is 6.18 Å². The van der Waals surface area contributed by atoms with Crippen molar-refractivity contribution in [2.24, 2.45) is 0 Å². The van der Waals surface area contributed by atoms with Crippen molar-refractivity contribution >= 4 is 28.4 Å². The Balaban J connectivity index is 0.000000271. The molecule has 1 fully saturated rings. The van der Waals surface area contributed by atoms with Crippen molar-refractivity contribution in [3.63, 3.8) is 0 Å². The number of hydrogen-bond acceptors (Lipinski definition) is 7. The number of hydrogen-bond donors (Lipinski definition) is 2. The molecule has 0 bridgehead atoms. The molecule has 0 saturated heterocycles. The first-order valence-electron chi connectivity index (χ1n) is 11.4. The summed E-state index contributed by atoms with van der Waals surface area (Å²) in [5.41, 5.74) is 13.7. The number of imidazole rings is 1. The SMILES string of the molecule is COC1(C)CCCCC1.Cc1nc2ccc(-c3ccn4nc(N)nc(N)c34)nc2n1CC(F)(F)F. The van der Waals surface area contributed by atoms with Gasteiger partial charge in [0.1, 0.15) is 23.4 Å². The summed E-state index contributed by atoms with van der Waals surface area (Å²) >= 11 is 0. The van der Waals surface area contributed by atoms with Gasteiger partial charge in [-0.15, -0.1) is 5.10 Å². The fraction of sp³-hybridized carbons (Fsp3) is 0.478. The summed E-state index contributed by atoms with van der Waals surface area (Å²) in [7, 11) is 1.82. The first-order chi connectivity index (χ1) is 16.5. The molecule has 35 heavy (non-hydrogen) atoms. The van der Waals surface area contributed by atoms with Crippen molar-refractivity contribution in [3.05, 3.63) is 30.2 Å². The number of anilines is 2. The molecule has 1 saturated carbocycles. The number of aromatic nitrogens is 6. The Labute approximate surface area is 200 Å². The highest BCUT2D eigenvalue weighted by Crippen LogP contribution is 2.31. The average molecular weight is 491 g/mol. The molecule has 12 heteroatoms. The van der Waals surface area contributed by atoms with Crippen LogP contribution >= 0.6 is 0 Å². The molecule has 4 aromatic heterocycles. The lowest BCUT2D eigenvalue weighted by molar-refractivity contribution is -0.140. The highest BCUT2D eigenvalue weighted by molar-refractivity contribution is 5.88. The largest absolute Gasteiger partial charge is 0.406 e. The van der Waals surface area contributed by atoms with Crippen LogP contribution in [0.2, 0.25) is 0 Å². The molecule has 0 atom stereocenters. The van der Waals surface area contributed by atoms with Crippen molar-refractivity contribution in [1.82, 2.24) is 29.1 Å². The molecule has 0 radical (unpaired) electrons. The second-order valence-corrected chi connectivity index (χ2v) is 8.99. The third-order valence-corrected chi connectivity index (χ3v) is 6.35. The summed E-state index contributed by atoms with van der Waals surface area (Å²) in [5, 5.41) is 4.02. The quantitative estimate of drug-likeness (QED) is 0.433. The van der Waals surface area contributed by atoms with E-state index < -0.39 is 12.7 Å². The molecule has 5 rings (SSSR count). The molecular weight excluding hydrogens is 461 g/mol. The minimum absolute atomic E-state index is 0.0134. The van der Waals surface area contributed by atoms with Crippen LogP contribution in [-0.2, 0) is 11.3 Å². The minimum atomic E-state index is -4.38. The Morgan fingerprint density at radius 2 is 1.77 bits per heavy atom. The third kappa shape index (κ3) is 5.31. The van der Waals surface area contributed by atoms with Gasteiger partial charge in [0.25, 0.3) is 0 Å². The molecule has 4 heterocycles. The van der Waals surface area contributed by atoms with Crippen LogP contribution in [-0.4, -0.2) is 48.0 Å². The van der Waals surface area contributed by atoms with Crippen molar-refractivity contribution in [2.45, 2.75) is 64.3 Å². The van der Waals surface area contributed by atoms with E-state index in [1.807, 2.05) is 7.11 Å². The summed E-state index contributed by atoms with van der Waals surface area (Å²) in [6, 6.07) is 4.98. The lowest BCUT2D eigenvalue weighted by Crippen LogP contribution is -2.29. The highest BCUT2D eigenvalue weighted by atomic mass is 19.4. The second kappa shape index (κ2) is 9.33. The molecule has 4 aromatic rings. The Kier molecular flexibility index (Phi) is 6.58. The fourth-order valence-corrected chi connectivity index (χ4v) is 4.41. The van der Waals surface area contributed by atoms with Crippen LogP contribution in [0.15, 0.2) is 24.4 Å². The fourth-order valence-electron chi connectivity index (χ4n) is 4.41. The topological polar surface area (TPSA) is 122 Å². The number of pyridine rings is 1. The maximum absolute atomic E-state index is 12.9. The zero-order valence-electron chi connectivity index (χ0n) is 19.9. The van der Waals surface area contributed by atoms with E-state index in [-0.39, 0.29) is 28.8 Å². The van der Waals surface area contributed by atoms with Gasteiger partial charge in [-0.2, -0.15) is 18.2 Å². The third-order valence-electron chi connectivity index (χ3n) is 6.35. The smallest absolute Gasteiger partial charge is 0.382 e. The van der Waals surface area contributed by atoms with Gasteiger partial charge in [0.2, 0.25) is 5.95 Å². The Hall–Kier alpha value is -3.41. The van der Waals surface area contributed by atoms with Gasteiger partial charge in [-0.3, -0.25) is 0 Å². The zero-order valence-corrected chi connectivity index (χ0v) is 19.9. The summed E-state index contributed by atoms with van der Waals surface area (Å²) in [5.74, 6) is 0.401. The van der Waals surface area contributed by atoms with Crippen molar-refractivity contribution in [1.29, 1.82) is 0 Å². The summed E-state index contributed by atoms with van der Waals surface area (Å²) in [4.78, 5) is 12.4. The zero-order chi connectivity index (χ0) is 25.4. The summed E-state index contributed by atoms with van der Waals surface area (Å²) in [6.45, 7) is 2.56. The van der Waals surface area contributed by atoms with Gasteiger partial charge in [-0.25, -0.2) is 14.5 Å². The Morgan fingerprint density at radius 3 is 2.40 bits per heavy atom. The first kappa shape index (κ1) is 24.7. The molecule has 9 nitrogen and oxygen atoms in total. The molecular formula is C23H29F3N8O. The number of nitrogens with two attached hydrogens (primary N) is 2. The second-order valence-electron chi connectivity index (χ2n) is 8.99. The molecule has 4 N–H and O–H groups in total. The number of halogens is 3. The number of nitrogens with zero attached hydrogens (tertiary/aromatic N) is 6. The lowest BCUT2D eigenvalue weighted by atomic mass is 9.86. The van der Waals surface area contributed by atoms with Crippen LogP contribution in [0.25, 0.3) is 27.9 Å². The van der Waals surface area contributed by atoms with Gasteiger partial charge in [-0.05, 0) is 44.9 Å². The van der Waals surface area contributed by atoms with Gasteiger partial charge in [0, 0.05) is 18.9 Å². The highest BCUT2D eigenvalue weighted by Gasteiger charge is 2.30. The first-order valence-corrected chi connectivity index (χ1v) is 11.4. The van der Waals surface area contributed by atoms with Crippen molar-refractivity contribution in [3.8, 4) is 11.3 Å². The van der Waals surface area contributed by atoms with E-state index in [9.17, 15) is 13.2 Å². The summed E-state index contributed by atoms with van der Waals surface area (Å²) in [6.07, 6.45) is 3.86. The van der Waals surface area contributed by atoms with E-state index in [4.69, 9.17) is 16.2 Å². The number of alkyl halides is 3. The molecule has 0 unspecified atom stereocenters. The van der Waals surface area contributed by atoms with Crippen LogP contribution in [0.3, 0.4) is 0 Å². The molecule has 0 spiro atoms. The number of fused-ring (bicyclic) bond motifs is 2. The minimum Gasteiger partial charge on any atom is -0.382 e. The van der Waals surface area contributed by atoms with Crippen LogP contribution in [0.4, 0.5) is 24.9 Å². The van der Waals surface area contributed by atoms with Crippen LogP contribution < -0.4 is 11.5 Å². The van der Waals surface area contributed by atoms with Crippen LogP contribution in [0.5, 0.6) is 0 Å². The lowest BCUT2D eigenvalue weighted by Gasteiger charge is -2.31. The van der Waals surface area contributed by atoms with Gasteiger partial charge in [0.05, 0.1) is 11.3 Å². The molecule has 1 aliphatic carbocycles. The van der Waals surface area contributed by atoms with Crippen LogP contribution in [0, 0.1) is 6.92 Å². The average Bonchev–Trinajstić information content (AvgIpc) is 3.34. The van der Waals surface area contributed by atoms with E-state index in [0.717, 1.165) is 4.57 Å². The maximum Gasteiger partial charge on any atom is 0.406 e. The molecule has 188 valence electrons. The van der Waals surface area contributed by atoms with E-state index in [2.05, 4.69) is 27.0 Å². The normalized spacial score (nSPS) is 15.8. The number of rotatable bonds is 3. The van der Waals surface area contributed by atoms with Gasteiger partial charge < -0.3 is 20.8 Å². The van der Waals surface area contributed by atoms with Crippen LogP contribution in [0.1, 0.15) is 44.9 Å². The number of ether oxygens (including phenoxy) is 1. The Bertz CT molecular complexity index is 1340. The molecule has 0 aliphatic heterocycles. The molecule has 0 amide bonds. The van der Waals surface area contributed by atoms with E-state index in [0.29, 0.717) is 22.3 Å².